The summed E-state index contributed by atoms with van der Waals surface area (Å²) in [6, 6.07) is 16.4. The maximum atomic E-state index is 12.1. The minimum absolute atomic E-state index is 0.0780. The highest BCUT2D eigenvalue weighted by atomic mass is 79.9. The van der Waals surface area contributed by atoms with E-state index in [0.717, 1.165) is 4.47 Å². The Morgan fingerprint density at radius 3 is 2.46 bits per heavy atom. The van der Waals surface area contributed by atoms with E-state index in [-0.39, 0.29) is 12.3 Å². The van der Waals surface area contributed by atoms with Gasteiger partial charge in [-0.2, -0.15) is 5.10 Å². The molecule has 0 aliphatic carbocycles. The van der Waals surface area contributed by atoms with Crippen LogP contribution in [0.4, 0.5) is 5.69 Å². The van der Waals surface area contributed by atoms with Crippen molar-refractivity contribution in [3.63, 3.8) is 0 Å². The molecule has 2 aromatic rings. The van der Waals surface area contributed by atoms with Gasteiger partial charge in [0.25, 0.3) is 5.91 Å². The fourth-order valence-electron chi connectivity index (χ4n) is 2.02. The Balaban J connectivity index is 1.82. The minimum atomic E-state index is -0.733. The molecule has 1 atom stereocenters. The molecule has 1 unspecified atom stereocenters. The Bertz CT molecular complexity index is 794. The molecule has 0 saturated carbocycles. The lowest BCUT2D eigenvalue weighted by atomic mass is 10.2. The van der Waals surface area contributed by atoms with Crippen molar-refractivity contribution in [2.24, 2.45) is 5.10 Å². The van der Waals surface area contributed by atoms with Crippen molar-refractivity contribution in [2.45, 2.75) is 26.4 Å². The summed E-state index contributed by atoms with van der Waals surface area (Å²) in [6.07, 6.45) is -0.655. The number of ether oxygens (including phenoxy) is 1. The Hall–Kier alpha value is -2.67. The van der Waals surface area contributed by atoms with E-state index in [2.05, 4.69) is 31.8 Å². The predicted octanol–water partition coefficient (Wildman–Crippen LogP) is 3.74. The van der Waals surface area contributed by atoms with Gasteiger partial charge in [-0.3, -0.25) is 9.59 Å². The largest absolute Gasteiger partial charge is 0.480 e. The third-order valence-corrected chi connectivity index (χ3v) is 4.00. The first-order chi connectivity index (χ1) is 12.5. The number of hydrogen-bond donors (Lipinski definition) is 2. The first-order valence-electron chi connectivity index (χ1n) is 8.05. The summed E-state index contributed by atoms with van der Waals surface area (Å²) < 4.78 is 6.35. The highest BCUT2D eigenvalue weighted by Crippen LogP contribution is 2.24. The maximum absolute atomic E-state index is 12.1. The highest BCUT2D eigenvalue weighted by Gasteiger charge is 2.15. The van der Waals surface area contributed by atoms with Gasteiger partial charge in [-0.25, -0.2) is 5.43 Å². The summed E-state index contributed by atoms with van der Waals surface area (Å²) in [7, 11) is 0. The Morgan fingerprint density at radius 1 is 1.12 bits per heavy atom. The molecule has 0 aliphatic rings. The fourth-order valence-corrected chi connectivity index (χ4v) is 2.40. The van der Waals surface area contributed by atoms with Crippen molar-refractivity contribution < 1.29 is 14.3 Å². The average molecular weight is 418 g/mol. The number of rotatable bonds is 7. The van der Waals surface area contributed by atoms with Gasteiger partial charge >= 0.3 is 0 Å². The lowest BCUT2D eigenvalue weighted by Gasteiger charge is -2.14. The Morgan fingerprint density at radius 2 is 1.77 bits per heavy atom. The molecule has 0 spiro atoms. The van der Waals surface area contributed by atoms with Crippen LogP contribution < -0.4 is 15.5 Å². The molecule has 26 heavy (non-hydrogen) atoms. The van der Waals surface area contributed by atoms with Gasteiger partial charge in [0.2, 0.25) is 5.91 Å². The first kappa shape index (κ1) is 19.7. The van der Waals surface area contributed by atoms with Crippen LogP contribution in [-0.4, -0.2) is 23.6 Å². The number of carbonyl (C=O) groups excluding carboxylic acids is 2. The Labute approximate surface area is 160 Å². The summed E-state index contributed by atoms with van der Waals surface area (Å²) in [5.41, 5.74) is 3.62. The van der Waals surface area contributed by atoms with Gasteiger partial charge < -0.3 is 10.1 Å². The smallest absolute Gasteiger partial charge is 0.280 e. The molecule has 0 aromatic heterocycles. The number of benzene rings is 2. The van der Waals surface area contributed by atoms with Crippen molar-refractivity contribution in [3.05, 3.63) is 59.1 Å². The molecule has 2 rings (SSSR count). The molecule has 7 heteroatoms. The monoisotopic (exact) mass is 417 g/mol. The van der Waals surface area contributed by atoms with E-state index in [1.165, 1.54) is 0 Å². The number of carbonyl (C=O) groups is 2. The van der Waals surface area contributed by atoms with E-state index in [1.54, 1.807) is 32.0 Å². The minimum Gasteiger partial charge on any atom is -0.480 e. The van der Waals surface area contributed by atoms with Crippen molar-refractivity contribution in [2.75, 3.05) is 5.32 Å². The molecule has 0 heterocycles. The fraction of sp³-hybridized carbons (Fsp3) is 0.211. The number of anilines is 1. The van der Waals surface area contributed by atoms with Crippen LogP contribution in [0.5, 0.6) is 5.75 Å². The molecule has 0 saturated heterocycles. The number of para-hydroxylation sites is 2. The number of nitrogens with one attached hydrogen (secondary N) is 2. The van der Waals surface area contributed by atoms with E-state index in [9.17, 15) is 9.59 Å². The summed E-state index contributed by atoms with van der Waals surface area (Å²) in [5.74, 6) is -0.0362. The van der Waals surface area contributed by atoms with Crippen molar-refractivity contribution in [3.8, 4) is 5.75 Å². The van der Waals surface area contributed by atoms with Gasteiger partial charge in [0.1, 0.15) is 5.75 Å². The standard InChI is InChI=1S/C19H20BrN3O3/c1-13(12-18(24)21-15-8-4-3-5-9-15)22-23-19(25)14(2)26-17-11-7-6-10-16(17)20/h3-11,14H,12H2,1-2H3,(H,21,24)(H,23,25)/b22-13+. The third kappa shape index (κ3) is 6.33. The summed E-state index contributed by atoms with van der Waals surface area (Å²) in [4.78, 5) is 24.0. The van der Waals surface area contributed by atoms with Gasteiger partial charge in [-0.1, -0.05) is 30.3 Å². The van der Waals surface area contributed by atoms with E-state index >= 15 is 0 Å². The number of hydrogen-bond acceptors (Lipinski definition) is 4. The van der Waals surface area contributed by atoms with Gasteiger partial charge in [0.15, 0.2) is 6.10 Å². The average Bonchev–Trinajstić information content (AvgIpc) is 2.62. The lowest BCUT2D eigenvalue weighted by molar-refractivity contribution is -0.127. The SMILES string of the molecule is C/C(CC(=O)Nc1ccccc1)=N\NC(=O)C(C)Oc1ccccc1Br. The predicted molar refractivity (Wildman–Crippen MR) is 105 cm³/mol. The molecule has 2 amide bonds. The second kappa shape index (κ2) is 9.72. The van der Waals surface area contributed by atoms with Crippen LogP contribution in [0.3, 0.4) is 0 Å². The van der Waals surface area contributed by atoms with Gasteiger partial charge in [0.05, 0.1) is 10.9 Å². The zero-order chi connectivity index (χ0) is 18.9. The number of halogens is 1. The molecule has 0 radical (unpaired) electrons. The van der Waals surface area contributed by atoms with E-state index in [0.29, 0.717) is 17.1 Å². The zero-order valence-electron chi connectivity index (χ0n) is 14.5. The summed E-state index contributed by atoms with van der Waals surface area (Å²) >= 11 is 3.36. The summed E-state index contributed by atoms with van der Waals surface area (Å²) in [6.45, 7) is 3.30. The van der Waals surface area contributed by atoms with Crippen LogP contribution in [0.25, 0.3) is 0 Å². The van der Waals surface area contributed by atoms with E-state index in [4.69, 9.17) is 4.74 Å². The van der Waals surface area contributed by atoms with E-state index in [1.807, 2.05) is 36.4 Å². The van der Waals surface area contributed by atoms with Crippen molar-refractivity contribution in [1.29, 1.82) is 0 Å². The van der Waals surface area contributed by atoms with Crippen LogP contribution >= 0.6 is 15.9 Å². The van der Waals surface area contributed by atoms with Gasteiger partial charge in [-0.15, -0.1) is 0 Å². The number of nitrogens with zero attached hydrogens (tertiary/aromatic N) is 1. The molecule has 136 valence electrons. The Kier molecular flexibility index (Phi) is 7.35. The number of hydrazone groups is 1. The number of amides is 2. The molecular formula is C19H20BrN3O3. The maximum Gasteiger partial charge on any atom is 0.280 e. The molecule has 2 N–H and O–H groups in total. The van der Waals surface area contributed by atoms with E-state index < -0.39 is 12.0 Å². The molecule has 0 fully saturated rings. The van der Waals surface area contributed by atoms with Crippen LogP contribution in [-0.2, 0) is 9.59 Å². The zero-order valence-corrected chi connectivity index (χ0v) is 16.1. The highest BCUT2D eigenvalue weighted by molar-refractivity contribution is 9.10. The van der Waals surface area contributed by atoms with Crippen molar-refractivity contribution >= 4 is 39.1 Å². The molecule has 6 nitrogen and oxygen atoms in total. The second-order valence-electron chi connectivity index (χ2n) is 5.60. The normalized spacial score (nSPS) is 12.2. The van der Waals surface area contributed by atoms with Gasteiger partial charge in [-0.05, 0) is 54.0 Å². The quantitative estimate of drug-likeness (QED) is 0.531. The molecular weight excluding hydrogens is 398 g/mol. The van der Waals surface area contributed by atoms with Crippen LogP contribution in [0.1, 0.15) is 20.3 Å². The van der Waals surface area contributed by atoms with Gasteiger partial charge in [0, 0.05) is 11.4 Å². The lowest BCUT2D eigenvalue weighted by Crippen LogP contribution is -2.34. The second-order valence-corrected chi connectivity index (χ2v) is 6.46. The molecule has 0 bridgehead atoms. The van der Waals surface area contributed by atoms with Crippen LogP contribution in [0.2, 0.25) is 0 Å². The topological polar surface area (TPSA) is 79.8 Å². The molecule has 2 aromatic carbocycles. The van der Waals surface area contributed by atoms with Crippen LogP contribution in [0.15, 0.2) is 64.2 Å². The first-order valence-corrected chi connectivity index (χ1v) is 8.84. The van der Waals surface area contributed by atoms with Crippen molar-refractivity contribution in [1.82, 2.24) is 5.43 Å². The summed E-state index contributed by atoms with van der Waals surface area (Å²) in [5, 5.41) is 6.72. The third-order valence-electron chi connectivity index (χ3n) is 3.34. The van der Waals surface area contributed by atoms with Crippen LogP contribution in [0, 0.1) is 0 Å². The molecule has 0 aliphatic heterocycles.